The standard InChI is InChI=1S/C21H20O2/c1-2-12-21(18-8-5-9-19(18)23-20(21)22)14-15-10-11-16-6-3-4-7-17(16)13-15/h2-7,9-11,13,18-19H,1,8,12,14H2/t18-,19+,21+/m1/s1. The number of rotatable bonds is 4. The van der Waals surface area contributed by atoms with Crippen molar-refractivity contribution in [2.45, 2.75) is 25.4 Å². The minimum atomic E-state index is -0.474. The van der Waals surface area contributed by atoms with Crippen molar-refractivity contribution in [2.24, 2.45) is 11.3 Å². The highest BCUT2D eigenvalue weighted by atomic mass is 16.6. The molecule has 1 saturated heterocycles. The summed E-state index contributed by atoms with van der Waals surface area (Å²) < 4.78 is 5.64. The summed E-state index contributed by atoms with van der Waals surface area (Å²) >= 11 is 0. The minimum Gasteiger partial charge on any atom is -0.457 e. The van der Waals surface area contributed by atoms with E-state index < -0.39 is 5.41 Å². The lowest BCUT2D eigenvalue weighted by Crippen LogP contribution is -2.35. The quantitative estimate of drug-likeness (QED) is 0.616. The van der Waals surface area contributed by atoms with Gasteiger partial charge in [-0.2, -0.15) is 0 Å². The molecule has 0 bridgehead atoms. The molecule has 0 amide bonds. The first-order chi connectivity index (χ1) is 11.2. The fourth-order valence-electron chi connectivity index (χ4n) is 4.16. The molecule has 1 aliphatic carbocycles. The predicted octanol–water partition coefficient (Wildman–Crippen LogP) is 4.45. The Morgan fingerprint density at radius 3 is 2.87 bits per heavy atom. The molecule has 116 valence electrons. The normalized spacial score (nSPS) is 28.8. The molecule has 0 N–H and O–H groups in total. The molecule has 1 heterocycles. The Bertz CT molecular complexity index is 804. The molecule has 2 heteroatoms. The Morgan fingerprint density at radius 1 is 1.22 bits per heavy atom. The van der Waals surface area contributed by atoms with Gasteiger partial charge in [0.25, 0.3) is 0 Å². The van der Waals surface area contributed by atoms with Crippen LogP contribution in [0.1, 0.15) is 18.4 Å². The molecule has 2 aromatic carbocycles. The van der Waals surface area contributed by atoms with Crippen molar-refractivity contribution < 1.29 is 9.53 Å². The van der Waals surface area contributed by atoms with Crippen LogP contribution in [-0.4, -0.2) is 12.1 Å². The Hall–Kier alpha value is -2.35. The van der Waals surface area contributed by atoms with E-state index in [9.17, 15) is 4.79 Å². The van der Waals surface area contributed by atoms with Gasteiger partial charge >= 0.3 is 5.97 Å². The van der Waals surface area contributed by atoms with Gasteiger partial charge in [0.1, 0.15) is 6.10 Å². The summed E-state index contributed by atoms with van der Waals surface area (Å²) in [5.74, 6) is 0.171. The highest BCUT2D eigenvalue weighted by molar-refractivity contribution is 5.84. The largest absolute Gasteiger partial charge is 0.457 e. The molecule has 4 rings (SSSR count). The zero-order valence-electron chi connectivity index (χ0n) is 13.1. The fourth-order valence-corrected chi connectivity index (χ4v) is 4.16. The summed E-state index contributed by atoms with van der Waals surface area (Å²) in [7, 11) is 0. The van der Waals surface area contributed by atoms with Crippen molar-refractivity contribution >= 4 is 16.7 Å². The molecule has 3 atom stereocenters. The summed E-state index contributed by atoms with van der Waals surface area (Å²) in [4.78, 5) is 12.7. The molecular formula is C21H20O2. The van der Waals surface area contributed by atoms with E-state index in [2.05, 4.69) is 43.0 Å². The molecule has 0 radical (unpaired) electrons. The van der Waals surface area contributed by atoms with E-state index in [4.69, 9.17) is 4.74 Å². The van der Waals surface area contributed by atoms with E-state index in [1.807, 2.05) is 24.3 Å². The third kappa shape index (κ3) is 2.21. The summed E-state index contributed by atoms with van der Waals surface area (Å²) in [5.41, 5.74) is 0.716. The number of carbonyl (C=O) groups is 1. The summed E-state index contributed by atoms with van der Waals surface area (Å²) in [5, 5.41) is 2.44. The third-order valence-electron chi connectivity index (χ3n) is 5.31. The van der Waals surface area contributed by atoms with Crippen LogP contribution in [0.4, 0.5) is 0 Å². The second kappa shape index (κ2) is 5.38. The summed E-state index contributed by atoms with van der Waals surface area (Å²) in [6, 6.07) is 14.8. The Kier molecular flexibility index (Phi) is 3.33. The molecule has 0 spiro atoms. The van der Waals surface area contributed by atoms with Crippen LogP contribution in [0.15, 0.2) is 67.3 Å². The van der Waals surface area contributed by atoms with Gasteiger partial charge in [-0.3, -0.25) is 4.79 Å². The lowest BCUT2D eigenvalue weighted by molar-refractivity contribution is -0.148. The van der Waals surface area contributed by atoms with Crippen LogP contribution in [0.2, 0.25) is 0 Å². The second-order valence-electron chi connectivity index (χ2n) is 6.65. The van der Waals surface area contributed by atoms with E-state index in [1.165, 1.54) is 16.3 Å². The average molecular weight is 304 g/mol. The smallest absolute Gasteiger partial charge is 0.313 e. The van der Waals surface area contributed by atoms with E-state index in [-0.39, 0.29) is 18.0 Å². The number of esters is 1. The van der Waals surface area contributed by atoms with Crippen LogP contribution in [0, 0.1) is 11.3 Å². The van der Waals surface area contributed by atoms with Gasteiger partial charge in [0.15, 0.2) is 0 Å². The van der Waals surface area contributed by atoms with Gasteiger partial charge in [-0.25, -0.2) is 0 Å². The average Bonchev–Trinajstić information content (AvgIpc) is 3.11. The van der Waals surface area contributed by atoms with Crippen molar-refractivity contribution in [1.29, 1.82) is 0 Å². The first-order valence-electron chi connectivity index (χ1n) is 8.19. The number of hydrogen-bond donors (Lipinski definition) is 0. The molecule has 2 nitrogen and oxygen atoms in total. The Morgan fingerprint density at radius 2 is 2.04 bits per heavy atom. The maximum absolute atomic E-state index is 12.7. The third-order valence-corrected chi connectivity index (χ3v) is 5.31. The molecule has 0 saturated carbocycles. The molecule has 0 aromatic heterocycles. The van der Waals surface area contributed by atoms with Crippen LogP contribution < -0.4 is 0 Å². The number of allylic oxidation sites excluding steroid dienone is 2. The van der Waals surface area contributed by atoms with Gasteiger partial charge in [-0.1, -0.05) is 54.6 Å². The van der Waals surface area contributed by atoms with E-state index in [0.717, 1.165) is 6.42 Å². The highest BCUT2D eigenvalue weighted by Crippen LogP contribution is 2.50. The molecule has 2 aromatic rings. The predicted molar refractivity (Wildman–Crippen MR) is 92.0 cm³/mol. The number of carbonyl (C=O) groups excluding carboxylic acids is 1. The van der Waals surface area contributed by atoms with Crippen molar-refractivity contribution in [2.75, 3.05) is 0 Å². The lowest BCUT2D eigenvalue weighted by Gasteiger charge is -2.29. The van der Waals surface area contributed by atoms with Crippen LogP contribution in [0.3, 0.4) is 0 Å². The molecular weight excluding hydrogens is 284 g/mol. The molecule has 2 aliphatic rings. The van der Waals surface area contributed by atoms with E-state index in [0.29, 0.717) is 12.8 Å². The molecule has 0 unspecified atom stereocenters. The number of fused-ring (bicyclic) bond motifs is 2. The molecule has 23 heavy (non-hydrogen) atoms. The van der Waals surface area contributed by atoms with Crippen LogP contribution in [-0.2, 0) is 16.0 Å². The van der Waals surface area contributed by atoms with Gasteiger partial charge in [-0.05, 0) is 41.7 Å². The molecule has 1 fully saturated rings. The first-order valence-corrected chi connectivity index (χ1v) is 8.19. The lowest BCUT2D eigenvalue weighted by atomic mass is 9.69. The van der Waals surface area contributed by atoms with Crippen molar-refractivity contribution in [3.05, 3.63) is 72.8 Å². The van der Waals surface area contributed by atoms with E-state index >= 15 is 0 Å². The topological polar surface area (TPSA) is 26.3 Å². The van der Waals surface area contributed by atoms with Crippen LogP contribution in [0.25, 0.3) is 10.8 Å². The summed E-state index contributed by atoms with van der Waals surface area (Å²) in [6.45, 7) is 3.88. The molecule has 1 aliphatic heterocycles. The van der Waals surface area contributed by atoms with Gasteiger partial charge < -0.3 is 4.74 Å². The van der Waals surface area contributed by atoms with Gasteiger partial charge in [0.2, 0.25) is 0 Å². The maximum Gasteiger partial charge on any atom is 0.313 e. The maximum atomic E-state index is 12.7. The minimum absolute atomic E-state index is 0.0529. The van der Waals surface area contributed by atoms with Crippen molar-refractivity contribution in [3.8, 4) is 0 Å². The Labute approximate surface area is 136 Å². The Balaban J connectivity index is 1.73. The van der Waals surface area contributed by atoms with Crippen LogP contribution >= 0.6 is 0 Å². The second-order valence-corrected chi connectivity index (χ2v) is 6.65. The van der Waals surface area contributed by atoms with Crippen molar-refractivity contribution in [1.82, 2.24) is 0 Å². The van der Waals surface area contributed by atoms with Crippen LogP contribution in [0.5, 0.6) is 0 Å². The monoisotopic (exact) mass is 304 g/mol. The number of benzene rings is 2. The van der Waals surface area contributed by atoms with E-state index in [1.54, 1.807) is 0 Å². The van der Waals surface area contributed by atoms with Crippen molar-refractivity contribution in [3.63, 3.8) is 0 Å². The fraction of sp³-hybridized carbons (Fsp3) is 0.286. The van der Waals surface area contributed by atoms with Gasteiger partial charge in [0.05, 0.1) is 5.41 Å². The zero-order valence-corrected chi connectivity index (χ0v) is 13.1. The number of hydrogen-bond acceptors (Lipinski definition) is 2. The van der Waals surface area contributed by atoms with Gasteiger partial charge in [-0.15, -0.1) is 6.58 Å². The SMILES string of the molecule is C=CC[C@@]1(Cc2ccc3ccccc3c2)C(=O)O[C@H]2C=CC[C@H]21. The number of ether oxygens (including phenoxy) is 1. The highest BCUT2D eigenvalue weighted by Gasteiger charge is 2.56. The van der Waals surface area contributed by atoms with Gasteiger partial charge in [0, 0.05) is 5.92 Å². The first kappa shape index (κ1) is 14.3. The zero-order chi connectivity index (χ0) is 15.9. The summed E-state index contributed by atoms with van der Waals surface area (Å²) in [6.07, 6.45) is 8.28.